The van der Waals surface area contributed by atoms with Crippen molar-refractivity contribution in [3.63, 3.8) is 0 Å². The average Bonchev–Trinajstić information content (AvgIpc) is 2.88. The summed E-state index contributed by atoms with van der Waals surface area (Å²) in [6.07, 6.45) is 0. The highest BCUT2D eigenvalue weighted by molar-refractivity contribution is 5.99. The molecule has 1 aromatic carbocycles. The van der Waals surface area contributed by atoms with Crippen LogP contribution < -0.4 is 0 Å². The second-order valence-electron chi connectivity index (χ2n) is 7.04. The van der Waals surface area contributed by atoms with E-state index < -0.39 is 0 Å². The molecule has 1 saturated heterocycles. The summed E-state index contributed by atoms with van der Waals surface area (Å²) >= 11 is 0. The number of aryl methyl sites for hydroxylation is 2. The zero-order valence-corrected chi connectivity index (χ0v) is 14.6. The van der Waals surface area contributed by atoms with E-state index in [1.807, 2.05) is 24.0 Å². The van der Waals surface area contributed by atoms with Crippen molar-refractivity contribution in [1.29, 1.82) is 0 Å². The second kappa shape index (κ2) is 5.93. The first-order valence-electron chi connectivity index (χ1n) is 8.20. The smallest absolute Gasteiger partial charge is 0.255 e. The highest BCUT2D eigenvalue weighted by Crippen LogP contribution is 2.24. The first kappa shape index (κ1) is 15.9. The number of pyridine rings is 1. The van der Waals surface area contributed by atoms with Crippen molar-refractivity contribution in [2.45, 2.75) is 26.8 Å². The van der Waals surface area contributed by atoms with Gasteiger partial charge >= 0.3 is 0 Å². The van der Waals surface area contributed by atoms with E-state index >= 15 is 0 Å². The fraction of sp³-hybridized carbons (Fsp3) is 0.474. The number of fused-ring (bicyclic) bond motifs is 1. The second-order valence-corrected chi connectivity index (χ2v) is 7.04. The number of hydrogen-bond acceptors (Lipinski definition) is 3. The third-order valence-corrected chi connectivity index (χ3v) is 4.91. The van der Waals surface area contributed by atoms with Gasteiger partial charge in [-0.1, -0.05) is 18.6 Å². The molecule has 1 fully saturated rings. The van der Waals surface area contributed by atoms with Gasteiger partial charge in [-0.15, -0.1) is 0 Å². The lowest BCUT2D eigenvalue weighted by Gasteiger charge is -2.22. The number of aromatic nitrogens is 1. The zero-order valence-electron chi connectivity index (χ0n) is 14.6. The maximum atomic E-state index is 13.0. The first-order valence-corrected chi connectivity index (χ1v) is 8.20. The SMILES string of the molecule is Cc1ccc2nc(C)c(C(=O)N3C[C@@H](C)[C@H](N(C)C)C3)cc2c1. The molecule has 0 aliphatic carbocycles. The van der Waals surface area contributed by atoms with E-state index in [0.717, 1.165) is 35.2 Å². The van der Waals surface area contributed by atoms with Crippen molar-refractivity contribution in [3.05, 3.63) is 41.1 Å². The summed E-state index contributed by atoms with van der Waals surface area (Å²) in [5, 5.41) is 1.04. The van der Waals surface area contributed by atoms with Gasteiger partial charge in [-0.05, 0) is 52.1 Å². The third-order valence-electron chi connectivity index (χ3n) is 4.91. The van der Waals surface area contributed by atoms with Crippen LogP contribution in [-0.2, 0) is 0 Å². The standard InChI is InChI=1S/C19H25N3O/c1-12-6-7-17-15(8-12)9-16(14(3)20-17)19(23)22-10-13(2)18(11-22)21(4)5/h6-9,13,18H,10-11H2,1-5H3/t13-,18-/m1/s1. The van der Waals surface area contributed by atoms with Gasteiger partial charge in [-0.3, -0.25) is 9.78 Å². The van der Waals surface area contributed by atoms with Gasteiger partial charge < -0.3 is 9.80 Å². The van der Waals surface area contributed by atoms with Crippen LogP contribution in [0.3, 0.4) is 0 Å². The third kappa shape index (κ3) is 2.95. The van der Waals surface area contributed by atoms with Gasteiger partial charge in [-0.2, -0.15) is 0 Å². The molecule has 2 heterocycles. The van der Waals surface area contributed by atoms with E-state index in [1.165, 1.54) is 5.56 Å². The first-order chi connectivity index (χ1) is 10.9. The van der Waals surface area contributed by atoms with E-state index in [4.69, 9.17) is 0 Å². The predicted molar refractivity (Wildman–Crippen MR) is 93.8 cm³/mol. The summed E-state index contributed by atoms with van der Waals surface area (Å²) in [6, 6.07) is 8.59. The molecular weight excluding hydrogens is 286 g/mol. The Hall–Kier alpha value is -1.94. The number of likely N-dealkylation sites (tertiary alicyclic amines) is 1. The van der Waals surface area contributed by atoms with Crippen LogP contribution in [0.2, 0.25) is 0 Å². The molecule has 2 atom stereocenters. The lowest BCUT2D eigenvalue weighted by Crippen LogP contribution is -2.36. The van der Waals surface area contributed by atoms with Crippen molar-refractivity contribution in [2.75, 3.05) is 27.2 Å². The number of carbonyl (C=O) groups excluding carboxylic acids is 1. The summed E-state index contributed by atoms with van der Waals surface area (Å²) in [4.78, 5) is 21.8. The Morgan fingerprint density at radius 1 is 1.22 bits per heavy atom. The summed E-state index contributed by atoms with van der Waals surface area (Å²) in [5.74, 6) is 0.597. The molecule has 1 aliphatic rings. The molecule has 4 nitrogen and oxygen atoms in total. The molecule has 0 spiro atoms. The Labute approximate surface area is 138 Å². The maximum absolute atomic E-state index is 13.0. The molecule has 0 saturated carbocycles. The Bertz CT molecular complexity index is 754. The van der Waals surface area contributed by atoms with Gasteiger partial charge in [0.05, 0.1) is 16.8 Å². The molecule has 122 valence electrons. The monoisotopic (exact) mass is 311 g/mol. The van der Waals surface area contributed by atoms with E-state index in [1.54, 1.807) is 0 Å². The number of amides is 1. The van der Waals surface area contributed by atoms with E-state index in [9.17, 15) is 4.79 Å². The summed E-state index contributed by atoms with van der Waals surface area (Å²) in [7, 11) is 4.17. The molecule has 0 radical (unpaired) electrons. The maximum Gasteiger partial charge on any atom is 0.255 e. The predicted octanol–water partition coefficient (Wildman–Crippen LogP) is 2.87. The quantitative estimate of drug-likeness (QED) is 0.855. The molecule has 3 rings (SSSR count). The highest BCUT2D eigenvalue weighted by Gasteiger charge is 2.34. The van der Waals surface area contributed by atoms with Gasteiger partial charge in [-0.25, -0.2) is 0 Å². The van der Waals surface area contributed by atoms with Crippen molar-refractivity contribution in [3.8, 4) is 0 Å². The molecular formula is C19H25N3O. The van der Waals surface area contributed by atoms with Gasteiger partial charge in [0.1, 0.15) is 0 Å². The minimum atomic E-state index is 0.106. The van der Waals surface area contributed by atoms with E-state index in [2.05, 4.69) is 50.0 Å². The summed E-state index contributed by atoms with van der Waals surface area (Å²) in [5.41, 5.74) is 3.68. The Kier molecular flexibility index (Phi) is 4.11. The fourth-order valence-corrected chi connectivity index (χ4v) is 3.57. The van der Waals surface area contributed by atoms with Crippen LogP contribution in [0, 0.1) is 19.8 Å². The molecule has 0 N–H and O–H groups in total. The average molecular weight is 311 g/mol. The largest absolute Gasteiger partial charge is 0.337 e. The molecule has 1 aliphatic heterocycles. The number of nitrogens with zero attached hydrogens (tertiary/aromatic N) is 3. The lowest BCUT2D eigenvalue weighted by atomic mass is 10.1. The van der Waals surface area contributed by atoms with E-state index in [0.29, 0.717) is 12.0 Å². The minimum absolute atomic E-state index is 0.106. The number of likely N-dealkylation sites (N-methyl/N-ethyl adjacent to an activating group) is 1. The normalized spacial score (nSPS) is 21.4. The van der Waals surface area contributed by atoms with Crippen molar-refractivity contribution in [2.24, 2.45) is 5.92 Å². The number of benzene rings is 1. The van der Waals surface area contributed by atoms with Crippen LogP contribution in [0.15, 0.2) is 24.3 Å². The minimum Gasteiger partial charge on any atom is -0.337 e. The zero-order chi connectivity index (χ0) is 16.7. The molecule has 1 aromatic heterocycles. The van der Waals surface area contributed by atoms with Crippen LogP contribution in [-0.4, -0.2) is 53.9 Å². The molecule has 1 amide bonds. The van der Waals surface area contributed by atoms with Crippen molar-refractivity contribution in [1.82, 2.24) is 14.8 Å². The molecule has 23 heavy (non-hydrogen) atoms. The number of hydrogen-bond donors (Lipinski definition) is 0. The molecule has 2 aromatic rings. The number of rotatable bonds is 2. The van der Waals surface area contributed by atoms with Crippen LogP contribution >= 0.6 is 0 Å². The van der Waals surface area contributed by atoms with Gasteiger partial charge in [0.25, 0.3) is 5.91 Å². The van der Waals surface area contributed by atoms with Crippen molar-refractivity contribution >= 4 is 16.8 Å². The number of carbonyl (C=O) groups is 1. The highest BCUT2D eigenvalue weighted by atomic mass is 16.2. The van der Waals surface area contributed by atoms with Crippen LogP contribution in [0.1, 0.15) is 28.5 Å². The van der Waals surface area contributed by atoms with E-state index in [-0.39, 0.29) is 5.91 Å². The van der Waals surface area contributed by atoms with Gasteiger partial charge in [0.2, 0.25) is 0 Å². The van der Waals surface area contributed by atoms with Crippen LogP contribution in [0.25, 0.3) is 10.9 Å². The Balaban J connectivity index is 1.93. The summed E-state index contributed by atoms with van der Waals surface area (Å²) in [6.45, 7) is 7.80. The molecule has 0 unspecified atom stereocenters. The Morgan fingerprint density at radius 3 is 2.61 bits per heavy atom. The summed E-state index contributed by atoms with van der Waals surface area (Å²) < 4.78 is 0. The topological polar surface area (TPSA) is 36.4 Å². The fourth-order valence-electron chi connectivity index (χ4n) is 3.57. The van der Waals surface area contributed by atoms with Gasteiger partial charge in [0.15, 0.2) is 0 Å². The van der Waals surface area contributed by atoms with Gasteiger partial charge in [0, 0.05) is 24.5 Å². The molecule has 0 bridgehead atoms. The lowest BCUT2D eigenvalue weighted by molar-refractivity contribution is 0.0780. The van der Waals surface area contributed by atoms with Crippen molar-refractivity contribution < 1.29 is 4.79 Å². The van der Waals surface area contributed by atoms with Crippen LogP contribution in [0.4, 0.5) is 0 Å². The van der Waals surface area contributed by atoms with Crippen LogP contribution in [0.5, 0.6) is 0 Å². The Morgan fingerprint density at radius 2 is 1.96 bits per heavy atom. The molecule has 4 heteroatoms.